The largest absolute Gasteiger partial charge is 0.336 e. The Balaban J connectivity index is 1.36. The second-order valence-electron chi connectivity index (χ2n) is 9.44. The van der Waals surface area contributed by atoms with Gasteiger partial charge < -0.3 is 10.2 Å². The molecular weight excluding hydrogens is 534 g/mol. The van der Waals surface area contributed by atoms with Crippen molar-refractivity contribution < 1.29 is 22.8 Å². The van der Waals surface area contributed by atoms with Gasteiger partial charge in [-0.2, -0.15) is 0 Å². The number of carbonyl (C=O) groups excluding carboxylic acids is 3. The van der Waals surface area contributed by atoms with Crippen LogP contribution < -0.4 is 14.9 Å². The van der Waals surface area contributed by atoms with Crippen molar-refractivity contribution in [1.29, 1.82) is 0 Å². The summed E-state index contributed by atoms with van der Waals surface area (Å²) in [5.41, 5.74) is 2.42. The van der Waals surface area contributed by atoms with Gasteiger partial charge in [-0.25, -0.2) is 13.1 Å². The van der Waals surface area contributed by atoms with Crippen LogP contribution in [0.3, 0.4) is 0 Å². The zero-order valence-corrected chi connectivity index (χ0v) is 22.8. The molecule has 3 aromatic carbocycles. The molecule has 0 saturated carbocycles. The molecule has 1 unspecified atom stereocenters. The number of aryl methyl sites for hydroxylation is 1. The summed E-state index contributed by atoms with van der Waals surface area (Å²) in [5, 5.41) is 3.44. The first kappa shape index (κ1) is 26.6. The molecule has 1 aliphatic heterocycles. The number of nitrogens with one attached hydrogen (secondary N) is 2. The number of amides is 3. The molecule has 4 aromatic rings. The first-order valence-corrected chi connectivity index (χ1v) is 14.8. The summed E-state index contributed by atoms with van der Waals surface area (Å²) in [4.78, 5) is 40.4. The van der Waals surface area contributed by atoms with Crippen LogP contribution in [0, 0.1) is 6.92 Å². The maximum absolute atomic E-state index is 13.3. The molecule has 10 heteroatoms. The predicted octanol–water partition coefficient (Wildman–Crippen LogP) is 4.70. The van der Waals surface area contributed by atoms with Crippen molar-refractivity contribution in [3.05, 3.63) is 95.6 Å². The molecule has 5 rings (SSSR count). The lowest BCUT2D eigenvalue weighted by Gasteiger charge is -2.27. The van der Waals surface area contributed by atoms with Crippen LogP contribution in [0.15, 0.2) is 83.1 Å². The number of carbonyl (C=O) groups is 3. The SMILES string of the molecule is Cc1ccc2cc(S(=O)(=O)NC(=O)C(NC(=O)c3ccc(N4CCCCC4=O)cc3)c3ccccc3)sc2c1. The lowest BCUT2D eigenvalue weighted by atomic mass is 10.1. The van der Waals surface area contributed by atoms with Crippen LogP contribution in [0.4, 0.5) is 5.69 Å². The van der Waals surface area contributed by atoms with Gasteiger partial charge in [0.1, 0.15) is 10.3 Å². The number of hydrogen-bond acceptors (Lipinski definition) is 6. The van der Waals surface area contributed by atoms with E-state index >= 15 is 0 Å². The Kier molecular flexibility index (Phi) is 7.49. The Hall–Kier alpha value is -4.02. The highest BCUT2D eigenvalue weighted by Gasteiger charge is 2.29. The van der Waals surface area contributed by atoms with E-state index < -0.39 is 27.9 Å². The third-order valence-electron chi connectivity index (χ3n) is 6.59. The van der Waals surface area contributed by atoms with Crippen molar-refractivity contribution in [2.24, 2.45) is 0 Å². The summed E-state index contributed by atoms with van der Waals surface area (Å²) in [6.07, 6.45) is 2.29. The molecule has 3 amide bonds. The standard InChI is InChI=1S/C29H27N3O5S2/c1-19-10-11-22-18-26(38-24(22)17-19)39(36,37)31-29(35)27(20-7-3-2-4-8-20)30-28(34)21-12-14-23(15-13-21)32-16-6-5-9-25(32)33/h2-4,7-8,10-15,17-18,27H,5-6,9,16H2,1H3,(H,30,34)(H,31,35). The lowest BCUT2D eigenvalue weighted by molar-refractivity contribution is -0.121. The van der Waals surface area contributed by atoms with E-state index in [2.05, 4.69) is 10.0 Å². The molecule has 2 N–H and O–H groups in total. The molecule has 0 bridgehead atoms. The number of sulfonamides is 1. The van der Waals surface area contributed by atoms with Gasteiger partial charge in [0.25, 0.3) is 21.8 Å². The summed E-state index contributed by atoms with van der Waals surface area (Å²) in [6.45, 7) is 2.55. The molecule has 1 aliphatic rings. The molecule has 2 heterocycles. The molecule has 0 radical (unpaired) electrons. The van der Waals surface area contributed by atoms with Crippen molar-refractivity contribution in [2.75, 3.05) is 11.4 Å². The Morgan fingerprint density at radius 2 is 1.69 bits per heavy atom. The molecule has 8 nitrogen and oxygen atoms in total. The number of rotatable bonds is 7. The number of benzene rings is 3. The molecule has 39 heavy (non-hydrogen) atoms. The van der Waals surface area contributed by atoms with Gasteiger partial charge in [-0.15, -0.1) is 11.3 Å². The van der Waals surface area contributed by atoms with Gasteiger partial charge in [0.15, 0.2) is 0 Å². The number of fused-ring (bicyclic) bond motifs is 1. The first-order valence-electron chi connectivity index (χ1n) is 12.5. The Labute approximate surface area is 230 Å². The van der Waals surface area contributed by atoms with Gasteiger partial charge >= 0.3 is 0 Å². The van der Waals surface area contributed by atoms with Crippen LogP contribution in [0.25, 0.3) is 10.1 Å². The van der Waals surface area contributed by atoms with Crippen molar-refractivity contribution in [1.82, 2.24) is 10.0 Å². The Morgan fingerprint density at radius 3 is 2.41 bits per heavy atom. The highest BCUT2D eigenvalue weighted by atomic mass is 32.2. The monoisotopic (exact) mass is 561 g/mol. The van der Waals surface area contributed by atoms with Crippen molar-refractivity contribution >= 4 is 54.9 Å². The van der Waals surface area contributed by atoms with Crippen LogP contribution in [-0.4, -0.2) is 32.7 Å². The van der Waals surface area contributed by atoms with Gasteiger partial charge in [0.2, 0.25) is 5.91 Å². The topological polar surface area (TPSA) is 113 Å². The molecule has 1 atom stereocenters. The van der Waals surface area contributed by atoms with Crippen LogP contribution in [-0.2, 0) is 19.6 Å². The van der Waals surface area contributed by atoms with Gasteiger partial charge in [0.05, 0.1) is 0 Å². The van der Waals surface area contributed by atoms with E-state index in [1.54, 1.807) is 59.5 Å². The summed E-state index contributed by atoms with van der Waals surface area (Å²) in [6, 6.07) is 20.9. The van der Waals surface area contributed by atoms with Crippen LogP contribution in [0.5, 0.6) is 0 Å². The zero-order valence-electron chi connectivity index (χ0n) is 21.2. The van der Waals surface area contributed by atoms with Gasteiger partial charge in [0, 0.05) is 28.9 Å². The summed E-state index contributed by atoms with van der Waals surface area (Å²) in [7, 11) is -4.18. The average Bonchev–Trinajstić information content (AvgIpc) is 3.37. The lowest BCUT2D eigenvalue weighted by Crippen LogP contribution is -2.42. The highest BCUT2D eigenvalue weighted by molar-refractivity contribution is 7.92. The van der Waals surface area contributed by atoms with Crippen molar-refractivity contribution in [3.8, 4) is 0 Å². The smallest absolute Gasteiger partial charge is 0.273 e. The van der Waals surface area contributed by atoms with Gasteiger partial charge in [-0.1, -0.05) is 42.5 Å². The third kappa shape index (κ3) is 5.86. The molecule has 1 saturated heterocycles. The Bertz CT molecular complexity index is 1650. The van der Waals surface area contributed by atoms with E-state index in [1.807, 2.05) is 25.1 Å². The third-order valence-corrected chi connectivity index (χ3v) is 9.51. The number of anilines is 1. The van der Waals surface area contributed by atoms with Crippen molar-refractivity contribution in [2.45, 2.75) is 36.4 Å². The second-order valence-corrected chi connectivity index (χ2v) is 12.4. The van der Waals surface area contributed by atoms with Crippen LogP contribution in [0.2, 0.25) is 0 Å². The van der Waals surface area contributed by atoms with Gasteiger partial charge in [-0.3, -0.25) is 14.4 Å². The average molecular weight is 562 g/mol. The highest BCUT2D eigenvalue weighted by Crippen LogP contribution is 2.30. The summed E-state index contributed by atoms with van der Waals surface area (Å²) >= 11 is 1.07. The van der Waals surface area contributed by atoms with E-state index in [0.29, 0.717) is 24.2 Å². The zero-order chi connectivity index (χ0) is 27.6. The van der Waals surface area contributed by atoms with E-state index in [-0.39, 0.29) is 15.7 Å². The van der Waals surface area contributed by atoms with E-state index in [4.69, 9.17) is 0 Å². The van der Waals surface area contributed by atoms with Gasteiger partial charge in [-0.05, 0) is 72.7 Å². The quantitative estimate of drug-likeness (QED) is 0.340. The fourth-order valence-electron chi connectivity index (χ4n) is 4.52. The fourth-order valence-corrected chi connectivity index (χ4v) is 7.01. The summed E-state index contributed by atoms with van der Waals surface area (Å²) < 4.78 is 29.2. The molecule has 200 valence electrons. The van der Waals surface area contributed by atoms with E-state index in [0.717, 1.165) is 39.8 Å². The molecule has 1 fully saturated rings. The van der Waals surface area contributed by atoms with E-state index in [9.17, 15) is 22.8 Å². The normalized spacial score (nSPS) is 14.7. The van der Waals surface area contributed by atoms with E-state index in [1.165, 1.54) is 6.07 Å². The Morgan fingerprint density at radius 1 is 0.949 bits per heavy atom. The first-order chi connectivity index (χ1) is 18.7. The molecular formula is C29H27N3O5S2. The van der Waals surface area contributed by atoms with Crippen LogP contribution >= 0.6 is 11.3 Å². The maximum atomic E-state index is 13.3. The number of thiophene rings is 1. The minimum atomic E-state index is -4.18. The maximum Gasteiger partial charge on any atom is 0.273 e. The molecule has 0 aliphatic carbocycles. The fraction of sp³-hybridized carbons (Fsp3) is 0.207. The second kappa shape index (κ2) is 11.0. The minimum Gasteiger partial charge on any atom is -0.336 e. The minimum absolute atomic E-state index is 0.0115. The number of piperidine rings is 1. The molecule has 0 spiro atoms. The van der Waals surface area contributed by atoms with Crippen molar-refractivity contribution in [3.63, 3.8) is 0 Å². The number of hydrogen-bond donors (Lipinski definition) is 2. The number of nitrogens with zero attached hydrogens (tertiary/aromatic N) is 1. The predicted molar refractivity (Wildman–Crippen MR) is 151 cm³/mol. The molecule has 1 aromatic heterocycles. The van der Waals surface area contributed by atoms with Crippen LogP contribution in [0.1, 0.15) is 46.8 Å². The summed E-state index contributed by atoms with van der Waals surface area (Å²) in [5.74, 6) is -1.38.